The van der Waals surface area contributed by atoms with Gasteiger partial charge in [-0.15, -0.1) is 0 Å². The molecule has 0 bridgehead atoms. The molecule has 1 aromatic heterocycles. The fraction of sp³-hybridized carbons (Fsp3) is 0.0769. The van der Waals surface area contributed by atoms with Crippen LogP contribution in [0.4, 0.5) is 4.39 Å². The van der Waals surface area contributed by atoms with Gasteiger partial charge in [0.1, 0.15) is 11.0 Å². The highest BCUT2D eigenvalue weighted by Gasteiger charge is 2.13. The van der Waals surface area contributed by atoms with Crippen molar-refractivity contribution < 1.29 is 14.3 Å². The van der Waals surface area contributed by atoms with Crippen molar-refractivity contribution in [2.24, 2.45) is 0 Å². The largest absolute Gasteiger partial charge is 0.478 e. The van der Waals surface area contributed by atoms with Crippen LogP contribution in [0.2, 0.25) is 5.15 Å². The highest BCUT2D eigenvalue weighted by atomic mass is 35.5. The molecule has 1 aromatic carbocycles. The van der Waals surface area contributed by atoms with Gasteiger partial charge in [-0.2, -0.15) is 0 Å². The first-order chi connectivity index (χ1) is 8.49. The third-order valence-electron chi connectivity index (χ3n) is 2.51. The topological polar surface area (TPSA) is 50.2 Å². The van der Waals surface area contributed by atoms with Gasteiger partial charge in [-0.05, 0) is 24.6 Å². The molecule has 2 rings (SSSR count). The van der Waals surface area contributed by atoms with Crippen molar-refractivity contribution in [1.82, 2.24) is 4.98 Å². The smallest absolute Gasteiger partial charge is 0.338 e. The zero-order chi connectivity index (χ0) is 13.3. The van der Waals surface area contributed by atoms with Gasteiger partial charge in [0.2, 0.25) is 0 Å². The summed E-state index contributed by atoms with van der Waals surface area (Å²) >= 11 is 5.66. The SMILES string of the molecule is Cc1ccc(-c2cnc(Cl)c(C(=O)O)c2)c(F)c1. The summed E-state index contributed by atoms with van der Waals surface area (Å²) in [5.74, 6) is -1.61. The fourth-order valence-corrected chi connectivity index (χ4v) is 1.78. The molecule has 0 spiro atoms. The van der Waals surface area contributed by atoms with Gasteiger partial charge >= 0.3 is 5.97 Å². The van der Waals surface area contributed by atoms with E-state index in [0.717, 1.165) is 5.56 Å². The van der Waals surface area contributed by atoms with Crippen molar-refractivity contribution in [3.05, 3.63) is 52.6 Å². The number of carboxylic acid groups (broad SMARTS) is 1. The second kappa shape index (κ2) is 4.74. The Labute approximate surface area is 108 Å². The van der Waals surface area contributed by atoms with E-state index in [2.05, 4.69) is 4.98 Å². The molecule has 0 saturated carbocycles. The van der Waals surface area contributed by atoms with Crippen LogP contribution in [-0.2, 0) is 0 Å². The average molecular weight is 266 g/mol. The fourth-order valence-electron chi connectivity index (χ4n) is 1.60. The lowest BCUT2D eigenvalue weighted by molar-refractivity contribution is 0.0696. The zero-order valence-electron chi connectivity index (χ0n) is 9.45. The number of rotatable bonds is 2. The summed E-state index contributed by atoms with van der Waals surface area (Å²) in [4.78, 5) is 14.7. The molecule has 0 saturated heterocycles. The van der Waals surface area contributed by atoms with Gasteiger partial charge in [-0.3, -0.25) is 0 Å². The zero-order valence-corrected chi connectivity index (χ0v) is 10.2. The number of nitrogens with zero attached hydrogens (tertiary/aromatic N) is 1. The van der Waals surface area contributed by atoms with Crippen LogP contribution in [0.1, 0.15) is 15.9 Å². The molecule has 0 aliphatic heterocycles. The van der Waals surface area contributed by atoms with Crippen LogP contribution in [0.25, 0.3) is 11.1 Å². The molecular weight excluding hydrogens is 257 g/mol. The lowest BCUT2D eigenvalue weighted by Crippen LogP contribution is -2.00. The lowest BCUT2D eigenvalue weighted by Gasteiger charge is -2.06. The van der Waals surface area contributed by atoms with Crippen LogP contribution in [0, 0.1) is 12.7 Å². The molecule has 92 valence electrons. The number of carboxylic acids is 1. The Morgan fingerprint density at radius 3 is 2.72 bits per heavy atom. The van der Waals surface area contributed by atoms with E-state index in [0.29, 0.717) is 11.1 Å². The molecule has 1 heterocycles. The van der Waals surface area contributed by atoms with Gasteiger partial charge in [0, 0.05) is 17.3 Å². The number of aryl methyl sites for hydroxylation is 1. The molecule has 5 heteroatoms. The number of hydrogen-bond acceptors (Lipinski definition) is 2. The molecule has 1 N–H and O–H groups in total. The van der Waals surface area contributed by atoms with Gasteiger partial charge in [0.05, 0.1) is 5.56 Å². The second-order valence-corrected chi connectivity index (χ2v) is 4.21. The molecule has 0 unspecified atom stereocenters. The third kappa shape index (κ3) is 2.33. The van der Waals surface area contributed by atoms with Crippen LogP contribution in [0.3, 0.4) is 0 Å². The molecular formula is C13H9ClFNO2. The average Bonchev–Trinajstić information content (AvgIpc) is 2.30. The maximum absolute atomic E-state index is 13.8. The maximum atomic E-state index is 13.8. The molecule has 2 aromatic rings. The van der Waals surface area contributed by atoms with Crippen LogP contribution in [0.15, 0.2) is 30.5 Å². The van der Waals surface area contributed by atoms with Crippen molar-refractivity contribution >= 4 is 17.6 Å². The minimum Gasteiger partial charge on any atom is -0.478 e. The Balaban J connectivity index is 2.58. The predicted molar refractivity (Wildman–Crippen MR) is 66.3 cm³/mol. The van der Waals surface area contributed by atoms with Gasteiger partial charge in [0.15, 0.2) is 0 Å². The highest BCUT2D eigenvalue weighted by molar-refractivity contribution is 6.32. The molecule has 0 aliphatic rings. The summed E-state index contributed by atoms with van der Waals surface area (Å²) in [5.41, 5.74) is 1.33. The summed E-state index contributed by atoms with van der Waals surface area (Å²) in [6, 6.07) is 6.02. The van der Waals surface area contributed by atoms with Gasteiger partial charge < -0.3 is 5.11 Å². The summed E-state index contributed by atoms with van der Waals surface area (Å²) in [5, 5.41) is 8.82. The van der Waals surface area contributed by atoms with Gasteiger partial charge in [-0.25, -0.2) is 14.2 Å². The van der Waals surface area contributed by atoms with Gasteiger partial charge in [0.25, 0.3) is 0 Å². The standard InChI is InChI=1S/C13H9ClFNO2/c1-7-2-3-9(11(15)4-7)8-5-10(13(17)18)12(14)16-6-8/h2-6H,1H3,(H,17,18). The molecule has 3 nitrogen and oxygen atoms in total. The lowest BCUT2D eigenvalue weighted by atomic mass is 10.0. The number of carbonyl (C=O) groups is 1. The Kier molecular flexibility index (Phi) is 3.30. The quantitative estimate of drug-likeness (QED) is 0.845. The van der Waals surface area contributed by atoms with E-state index in [9.17, 15) is 9.18 Å². The Morgan fingerprint density at radius 1 is 1.39 bits per heavy atom. The van der Waals surface area contributed by atoms with E-state index in [4.69, 9.17) is 16.7 Å². The first-order valence-corrected chi connectivity index (χ1v) is 5.52. The van der Waals surface area contributed by atoms with E-state index >= 15 is 0 Å². The number of hydrogen-bond donors (Lipinski definition) is 1. The molecule has 0 amide bonds. The number of aromatic carboxylic acids is 1. The molecule has 0 atom stereocenters. The van der Waals surface area contributed by atoms with Crippen LogP contribution >= 0.6 is 11.6 Å². The third-order valence-corrected chi connectivity index (χ3v) is 2.81. The van der Waals surface area contributed by atoms with E-state index in [-0.39, 0.29) is 10.7 Å². The Bertz CT molecular complexity index is 628. The first kappa shape index (κ1) is 12.5. The minimum absolute atomic E-state index is 0.112. The minimum atomic E-state index is -1.19. The Hall–Kier alpha value is -1.94. The predicted octanol–water partition coefficient (Wildman–Crippen LogP) is 3.55. The number of halogens is 2. The monoisotopic (exact) mass is 265 g/mol. The van der Waals surface area contributed by atoms with Crippen molar-refractivity contribution in [3.63, 3.8) is 0 Å². The van der Waals surface area contributed by atoms with Crippen LogP contribution < -0.4 is 0 Å². The van der Waals surface area contributed by atoms with E-state index in [1.54, 1.807) is 19.1 Å². The van der Waals surface area contributed by atoms with E-state index in [1.165, 1.54) is 18.3 Å². The number of benzene rings is 1. The highest BCUT2D eigenvalue weighted by Crippen LogP contribution is 2.26. The maximum Gasteiger partial charge on any atom is 0.338 e. The summed E-state index contributed by atoms with van der Waals surface area (Å²) in [6.07, 6.45) is 1.35. The van der Waals surface area contributed by atoms with Crippen LogP contribution in [-0.4, -0.2) is 16.1 Å². The molecule has 0 aliphatic carbocycles. The molecule has 0 radical (unpaired) electrons. The summed E-state index contributed by atoms with van der Waals surface area (Å²) in [7, 11) is 0. The number of pyridine rings is 1. The molecule has 0 fully saturated rings. The number of aromatic nitrogens is 1. The normalized spacial score (nSPS) is 10.4. The van der Waals surface area contributed by atoms with Crippen LogP contribution in [0.5, 0.6) is 0 Å². The van der Waals surface area contributed by atoms with Crippen molar-refractivity contribution in [1.29, 1.82) is 0 Å². The van der Waals surface area contributed by atoms with Crippen molar-refractivity contribution in [2.45, 2.75) is 6.92 Å². The van der Waals surface area contributed by atoms with E-state index < -0.39 is 11.8 Å². The van der Waals surface area contributed by atoms with Crippen molar-refractivity contribution in [3.8, 4) is 11.1 Å². The van der Waals surface area contributed by atoms with E-state index in [1.807, 2.05) is 0 Å². The summed E-state index contributed by atoms with van der Waals surface area (Å²) in [6.45, 7) is 1.77. The van der Waals surface area contributed by atoms with Crippen molar-refractivity contribution in [2.75, 3.05) is 0 Å². The first-order valence-electron chi connectivity index (χ1n) is 5.14. The molecule has 18 heavy (non-hydrogen) atoms. The van der Waals surface area contributed by atoms with Gasteiger partial charge in [-0.1, -0.05) is 23.7 Å². The Morgan fingerprint density at radius 2 is 2.11 bits per heavy atom. The summed E-state index contributed by atoms with van der Waals surface area (Å²) < 4.78 is 13.8. The second-order valence-electron chi connectivity index (χ2n) is 3.85.